The molecular formula is C20H20FN3O2. The summed E-state index contributed by atoms with van der Waals surface area (Å²) < 4.78 is 18.9. The monoisotopic (exact) mass is 353 g/mol. The van der Waals surface area contributed by atoms with E-state index in [2.05, 4.69) is 15.3 Å². The van der Waals surface area contributed by atoms with Crippen molar-refractivity contribution in [1.29, 1.82) is 0 Å². The summed E-state index contributed by atoms with van der Waals surface area (Å²) in [6, 6.07) is 12.5. The van der Waals surface area contributed by atoms with Crippen LogP contribution in [0.1, 0.15) is 29.3 Å². The number of carbonyl (C=O) groups excluding carboxylic acids is 1. The zero-order chi connectivity index (χ0) is 18.5. The number of rotatable bonds is 6. The number of nitrogens with one attached hydrogen (secondary N) is 2. The molecule has 0 radical (unpaired) electrons. The second-order valence-electron chi connectivity index (χ2n) is 5.99. The summed E-state index contributed by atoms with van der Waals surface area (Å²) in [6.07, 6.45) is 3.57. The number of nitrogens with zero attached hydrogens (tertiary/aromatic N) is 1. The number of hydrogen-bond donors (Lipinski definition) is 2. The van der Waals surface area contributed by atoms with Crippen molar-refractivity contribution in [2.24, 2.45) is 0 Å². The maximum absolute atomic E-state index is 13.9. The van der Waals surface area contributed by atoms with Gasteiger partial charge in [0.15, 0.2) is 11.6 Å². The molecule has 1 unspecified atom stereocenters. The van der Waals surface area contributed by atoms with Crippen LogP contribution in [0, 0.1) is 12.7 Å². The number of H-pyrrole nitrogens is 1. The first-order valence-electron chi connectivity index (χ1n) is 8.26. The van der Waals surface area contributed by atoms with Crippen LogP contribution in [-0.2, 0) is 4.79 Å². The van der Waals surface area contributed by atoms with Gasteiger partial charge in [-0.05, 0) is 24.1 Å². The Bertz CT molecular complexity index is 880. The van der Waals surface area contributed by atoms with Crippen molar-refractivity contribution in [2.45, 2.75) is 19.3 Å². The fourth-order valence-electron chi connectivity index (χ4n) is 2.86. The van der Waals surface area contributed by atoms with Crippen molar-refractivity contribution in [3.05, 3.63) is 77.6 Å². The van der Waals surface area contributed by atoms with Crippen molar-refractivity contribution in [3.63, 3.8) is 0 Å². The molecule has 0 saturated heterocycles. The molecule has 6 heteroatoms. The molecule has 0 aliphatic rings. The largest absolute Gasteiger partial charge is 0.494 e. The highest BCUT2D eigenvalue weighted by Gasteiger charge is 2.21. The first kappa shape index (κ1) is 17.7. The number of ether oxygens (including phenoxy) is 1. The number of carbonyl (C=O) groups is 1. The first-order valence-corrected chi connectivity index (χ1v) is 8.26. The second kappa shape index (κ2) is 7.82. The van der Waals surface area contributed by atoms with Crippen LogP contribution in [0.2, 0.25) is 0 Å². The van der Waals surface area contributed by atoms with E-state index in [0.717, 1.165) is 11.1 Å². The molecule has 26 heavy (non-hydrogen) atoms. The van der Waals surface area contributed by atoms with Crippen molar-refractivity contribution in [2.75, 3.05) is 12.4 Å². The molecule has 134 valence electrons. The standard InChI is InChI=1S/C20H20FN3O2/c1-13-10-18(26-2)16(21)12-17(13)24-19(25)11-15(20-22-8-9-23-20)14-6-4-3-5-7-14/h3-10,12,15H,11H2,1-2H3,(H,22,23)(H,24,25). The summed E-state index contributed by atoms with van der Waals surface area (Å²) in [5.74, 6) is -0.0844. The molecule has 1 amide bonds. The Kier molecular flexibility index (Phi) is 5.31. The van der Waals surface area contributed by atoms with Gasteiger partial charge in [0.2, 0.25) is 5.91 Å². The minimum Gasteiger partial charge on any atom is -0.494 e. The highest BCUT2D eigenvalue weighted by molar-refractivity contribution is 5.92. The van der Waals surface area contributed by atoms with E-state index in [-0.39, 0.29) is 24.0 Å². The molecule has 3 aromatic rings. The number of amides is 1. The molecule has 0 fully saturated rings. The van der Waals surface area contributed by atoms with Crippen LogP contribution in [0.25, 0.3) is 0 Å². The maximum atomic E-state index is 13.9. The second-order valence-corrected chi connectivity index (χ2v) is 5.99. The topological polar surface area (TPSA) is 67.0 Å². The Balaban J connectivity index is 1.80. The van der Waals surface area contributed by atoms with E-state index in [1.807, 2.05) is 30.3 Å². The lowest BCUT2D eigenvalue weighted by Gasteiger charge is -2.16. The van der Waals surface area contributed by atoms with Gasteiger partial charge in [-0.1, -0.05) is 30.3 Å². The van der Waals surface area contributed by atoms with Gasteiger partial charge >= 0.3 is 0 Å². The molecular weight excluding hydrogens is 333 g/mol. The molecule has 5 nitrogen and oxygen atoms in total. The van der Waals surface area contributed by atoms with Gasteiger partial charge in [-0.2, -0.15) is 0 Å². The number of aromatic amines is 1. The van der Waals surface area contributed by atoms with Crippen LogP contribution in [-0.4, -0.2) is 23.0 Å². The van der Waals surface area contributed by atoms with Crippen molar-refractivity contribution in [1.82, 2.24) is 9.97 Å². The number of anilines is 1. The van der Waals surface area contributed by atoms with E-state index < -0.39 is 5.82 Å². The van der Waals surface area contributed by atoms with E-state index in [0.29, 0.717) is 11.5 Å². The molecule has 3 rings (SSSR count). The summed E-state index contributed by atoms with van der Waals surface area (Å²) in [4.78, 5) is 20.0. The zero-order valence-electron chi connectivity index (χ0n) is 14.6. The zero-order valence-corrected chi connectivity index (χ0v) is 14.6. The van der Waals surface area contributed by atoms with E-state index in [1.165, 1.54) is 13.2 Å². The molecule has 2 aromatic carbocycles. The molecule has 1 aromatic heterocycles. The van der Waals surface area contributed by atoms with Gasteiger partial charge in [0.1, 0.15) is 5.82 Å². The van der Waals surface area contributed by atoms with Crippen LogP contribution in [0.15, 0.2) is 54.9 Å². The highest BCUT2D eigenvalue weighted by Crippen LogP contribution is 2.28. The van der Waals surface area contributed by atoms with Crippen molar-refractivity contribution >= 4 is 11.6 Å². The molecule has 0 bridgehead atoms. The van der Waals surface area contributed by atoms with Crippen LogP contribution in [0.3, 0.4) is 0 Å². The highest BCUT2D eigenvalue weighted by atomic mass is 19.1. The number of aromatic nitrogens is 2. The minimum absolute atomic E-state index is 0.151. The van der Waals surface area contributed by atoms with Crippen LogP contribution < -0.4 is 10.1 Å². The van der Waals surface area contributed by atoms with Crippen molar-refractivity contribution in [3.8, 4) is 5.75 Å². The summed E-state index contributed by atoms with van der Waals surface area (Å²) in [5.41, 5.74) is 2.14. The Morgan fingerprint density at radius 1 is 1.31 bits per heavy atom. The molecule has 2 N–H and O–H groups in total. The fraction of sp³-hybridized carbons (Fsp3) is 0.200. The molecule has 0 spiro atoms. The summed E-state index contributed by atoms with van der Waals surface area (Å²) in [7, 11) is 1.41. The fourth-order valence-corrected chi connectivity index (χ4v) is 2.86. The Hall–Kier alpha value is -3.15. The molecule has 0 aliphatic heterocycles. The Morgan fingerprint density at radius 2 is 2.08 bits per heavy atom. The van der Waals surface area contributed by atoms with Gasteiger partial charge in [0, 0.05) is 30.6 Å². The lowest BCUT2D eigenvalue weighted by molar-refractivity contribution is -0.116. The van der Waals surface area contributed by atoms with E-state index in [4.69, 9.17) is 4.74 Å². The quantitative estimate of drug-likeness (QED) is 0.703. The third-order valence-electron chi connectivity index (χ3n) is 4.21. The predicted octanol–water partition coefficient (Wildman–Crippen LogP) is 4.03. The Labute approximate surface area is 151 Å². The third-order valence-corrected chi connectivity index (χ3v) is 4.21. The number of aryl methyl sites for hydroxylation is 1. The number of benzene rings is 2. The van der Waals surface area contributed by atoms with Gasteiger partial charge in [0.05, 0.1) is 13.0 Å². The Morgan fingerprint density at radius 3 is 2.73 bits per heavy atom. The summed E-state index contributed by atoms with van der Waals surface area (Å²) in [6.45, 7) is 1.79. The molecule has 0 saturated carbocycles. The molecule has 1 heterocycles. The van der Waals surface area contributed by atoms with Gasteiger partial charge in [0.25, 0.3) is 0 Å². The van der Waals surface area contributed by atoms with Crippen LogP contribution in [0.4, 0.5) is 10.1 Å². The average molecular weight is 353 g/mol. The number of imidazole rings is 1. The maximum Gasteiger partial charge on any atom is 0.225 e. The predicted molar refractivity (Wildman–Crippen MR) is 97.8 cm³/mol. The first-order chi connectivity index (χ1) is 12.6. The van der Waals surface area contributed by atoms with Gasteiger partial charge in [-0.15, -0.1) is 0 Å². The number of hydrogen-bond acceptors (Lipinski definition) is 3. The van der Waals surface area contributed by atoms with Crippen LogP contribution >= 0.6 is 0 Å². The minimum atomic E-state index is -0.515. The SMILES string of the molecule is COc1cc(C)c(NC(=O)CC(c2ccccc2)c2ncc[nH]2)cc1F. The molecule has 0 aliphatic carbocycles. The lowest BCUT2D eigenvalue weighted by Crippen LogP contribution is -2.18. The van der Waals surface area contributed by atoms with E-state index in [1.54, 1.807) is 25.4 Å². The lowest BCUT2D eigenvalue weighted by atomic mass is 9.94. The normalized spacial score (nSPS) is 11.8. The molecule has 1 atom stereocenters. The smallest absolute Gasteiger partial charge is 0.225 e. The number of halogens is 1. The van der Waals surface area contributed by atoms with Crippen LogP contribution in [0.5, 0.6) is 5.75 Å². The van der Waals surface area contributed by atoms with Gasteiger partial charge < -0.3 is 15.0 Å². The number of methoxy groups -OCH3 is 1. The summed E-state index contributed by atoms with van der Waals surface area (Å²) in [5, 5.41) is 2.79. The summed E-state index contributed by atoms with van der Waals surface area (Å²) >= 11 is 0. The van der Waals surface area contributed by atoms with Gasteiger partial charge in [-0.25, -0.2) is 9.37 Å². The van der Waals surface area contributed by atoms with E-state index in [9.17, 15) is 9.18 Å². The average Bonchev–Trinajstić information content (AvgIpc) is 3.17. The van der Waals surface area contributed by atoms with E-state index >= 15 is 0 Å². The van der Waals surface area contributed by atoms with Crippen molar-refractivity contribution < 1.29 is 13.9 Å². The third kappa shape index (κ3) is 3.91. The van der Waals surface area contributed by atoms with Gasteiger partial charge in [-0.3, -0.25) is 4.79 Å².